The monoisotopic (exact) mass is 317 g/mol. The van der Waals surface area contributed by atoms with Crippen LogP contribution in [0.15, 0.2) is 29.8 Å². The summed E-state index contributed by atoms with van der Waals surface area (Å²) in [6.45, 7) is -0.378. The predicted octanol–water partition coefficient (Wildman–Crippen LogP) is 2.87. The lowest BCUT2D eigenvalue weighted by Gasteiger charge is -2.07. The first-order valence-electron chi connectivity index (χ1n) is 6.25. The molecule has 114 valence electrons. The van der Waals surface area contributed by atoms with Crippen LogP contribution >= 0.6 is 11.3 Å². The van der Waals surface area contributed by atoms with Crippen molar-refractivity contribution in [2.45, 2.75) is 12.7 Å². The van der Waals surface area contributed by atoms with Gasteiger partial charge in [0, 0.05) is 24.7 Å². The molecule has 0 spiro atoms. The van der Waals surface area contributed by atoms with Crippen LogP contribution in [0.25, 0.3) is 10.7 Å². The number of ether oxygens (including phenoxy) is 1. The summed E-state index contributed by atoms with van der Waals surface area (Å²) >= 11 is 1.48. The van der Waals surface area contributed by atoms with Crippen molar-refractivity contribution >= 4 is 11.3 Å². The second-order valence-electron chi connectivity index (χ2n) is 4.20. The van der Waals surface area contributed by atoms with Gasteiger partial charge in [-0.3, -0.25) is 4.98 Å². The number of pyridine rings is 1. The molecular formula is C13H14F3N3OS. The molecule has 0 radical (unpaired) electrons. The molecule has 21 heavy (non-hydrogen) atoms. The van der Waals surface area contributed by atoms with Gasteiger partial charge in [-0.25, -0.2) is 4.98 Å². The number of alkyl halides is 3. The molecule has 0 bridgehead atoms. The summed E-state index contributed by atoms with van der Waals surface area (Å²) in [5, 5.41) is 5.70. The molecule has 2 aromatic heterocycles. The van der Waals surface area contributed by atoms with Crippen molar-refractivity contribution in [3.63, 3.8) is 0 Å². The second kappa shape index (κ2) is 7.48. The van der Waals surface area contributed by atoms with Crippen molar-refractivity contribution in [2.75, 3.05) is 19.8 Å². The molecule has 0 saturated heterocycles. The Balaban J connectivity index is 1.69. The molecule has 2 rings (SSSR count). The maximum atomic E-state index is 11.8. The second-order valence-corrected chi connectivity index (χ2v) is 5.06. The first-order valence-corrected chi connectivity index (χ1v) is 7.13. The zero-order valence-electron chi connectivity index (χ0n) is 11.1. The number of halogens is 3. The van der Waals surface area contributed by atoms with Crippen LogP contribution in [0.1, 0.15) is 5.69 Å². The van der Waals surface area contributed by atoms with Crippen LogP contribution in [0.2, 0.25) is 0 Å². The van der Waals surface area contributed by atoms with Gasteiger partial charge in [0.1, 0.15) is 11.6 Å². The molecule has 0 saturated carbocycles. The number of nitrogens with zero attached hydrogens (tertiary/aromatic N) is 2. The minimum Gasteiger partial charge on any atom is -0.371 e. The average Bonchev–Trinajstić information content (AvgIpc) is 2.91. The number of aromatic nitrogens is 2. The van der Waals surface area contributed by atoms with E-state index in [4.69, 9.17) is 0 Å². The van der Waals surface area contributed by atoms with Crippen LogP contribution in [0.5, 0.6) is 0 Å². The standard InChI is InChI=1S/C13H14F3N3OS/c14-13(15,16)9-20-6-5-17-7-10-8-21-12(19-10)11-3-1-2-4-18-11/h1-4,8,17H,5-7,9H2. The van der Waals surface area contributed by atoms with E-state index >= 15 is 0 Å². The van der Waals surface area contributed by atoms with Gasteiger partial charge in [0.2, 0.25) is 0 Å². The molecule has 0 aromatic carbocycles. The highest BCUT2D eigenvalue weighted by molar-refractivity contribution is 7.13. The average molecular weight is 317 g/mol. The SMILES string of the molecule is FC(F)(F)COCCNCc1csc(-c2ccccn2)n1. The van der Waals surface area contributed by atoms with Gasteiger partial charge in [0.15, 0.2) is 0 Å². The van der Waals surface area contributed by atoms with Gasteiger partial charge in [0.05, 0.1) is 18.0 Å². The van der Waals surface area contributed by atoms with Crippen molar-refractivity contribution in [1.82, 2.24) is 15.3 Å². The van der Waals surface area contributed by atoms with Crippen molar-refractivity contribution in [1.29, 1.82) is 0 Å². The summed E-state index contributed by atoms with van der Waals surface area (Å²) in [4.78, 5) is 8.62. The summed E-state index contributed by atoms with van der Waals surface area (Å²) in [5.41, 5.74) is 1.64. The molecule has 0 amide bonds. The molecule has 8 heteroatoms. The lowest BCUT2D eigenvalue weighted by atomic mass is 10.3. The van der Waals surface area contributed by atoms with Crippen LogP contribution in [0.4, 0.5) is 13.2 Å². The minimum absolute atomic E-state index is 0.0107. The molecule has 0 atom stereocenters. The molecule has 0 aliphatic heterocycles. The number of hydrogen-bond donors (Lipinski definition) is 1. The number of nitrogens with one attached hydrogen (secondary N) is 1. The van der Waals surface area contributed by atoms with E-state index in [1.165, 1.54) is 11.3 Å². The third-order valence-electron chi connectivity index (χ3n) is 2.43. The van der Waals surface area contributed by atoms with E-state index in [1.54, 1.807) is 6.20 Å². The summed E-state index contributed by atoms with van der Waals surface area (Å²) < 4.78 is 40.0. The molecule has 1 N–H and O–H groups in total. The van der Waals surface area contributed by atoms with E-state index in [9.17, 15) is 13.2 Å². The van der Waals surface area contributed by atoms with Crippen molar-refractivity contribution < 1.29 is 17.9 Å². The van der Waals surface area contributed by atoms with Crippen LogP contribution < -0.4 is 5.32 Å². The van der Waals surface area contributed by atoms with Crippen molar-refractivity contribution in [3.05, 3.63) is 35.5 Å². The highest BCUT2D eigenvalue weighted by Crippen LogP contribution is 2.21. The minimum atomic E-state index is -4.27. The van der Waals surface area contributed by atoms with Gasteiger partial charge in [-0.15, -0.1) is 11.3 Å². The van der Waals surface area contributed by atoms with Gasteiger partial charge in [-0.1, -0.05) is 6.07 Å². The summed E-state index contributed by atoms with van der Waals surface area (Å²) in [6, 6.07) is 5.60. The quantitative estimate of drug-likeness (QED) is 0.798. The molecule has 0 fully saturated rings. The van der Waals surface area contributed by atoms with Crippen molar-refractivity contribution in [2.24, 2.45) is 0 Å². The summed E-state index contributed by atoms with van der Waals surface area (Å²) in [7, 11) is 0. The molecular weight excluding hydrogens is 303 g/mol. The largest absolute Gasteiger partial charge is 0.411 e. The van der Waals surface area contributed by atoms with Gasteiger partial charge in [0.25, 0.3) is 0 Å². The third kappa shape index (κ3) is 5.78. The lowest BCUT2D eigenvalue weighted by molar-refractivity contribution is -0.173. The maximum Gasteiger partial charge on any atom is 0.411 e. The maximum absolute atomic E-state index is 11.8. The van der Waals surface area contributed by atoms with Gasteiger partial charge >= 0.3 is 6.18 Å². The fourth-order valence-corrected chi connectivity index (χ4v) is 2.34. The molecule has 0 aliphatic rings. The smallest absolute Gasteiger partial charge is 0.371 e. The highest BCUT2D eigenvalue weighted by atomic mass is 32.1. The first kappa shape index (κ1) is 15.9. The van der Waals surface area contributed by atoms with Gasteiger partial charge in [-0.05, 0) is 12.1 Å². The van der Waals surface area contributed by atoms with E-state index in [1.807, 2.05) is 23.6 Å². The first-order chi connectivity index (χ1) is 10.0. The molecule has 4 nitrogen and oxygen atoms in total. The van der Waals surface area contributed by atoms with E-state index in [-0.39, 0.29) is 6.61 Å². The summed E-state index contributed by atoms with van der Waals surface area (Å²) in [5.74, 6) is 0. The third-order valence-corrected chi connectivity index (χ3v) is 3.34. The lowest BCUT2D eigenvalue weighted by Crippen LogP contribution is -2.23. The van der Waals surface area contributed by atoms with Crippen LogP contribution in [0.3, 0.4) is 0 Å². The van der Waals surface area contributed by atoms with Crippen LogP contribution in [0, 0.1) is 0 Å². The van der Waals surface area contributed by atoms with Gasteiger partial charge in [-0.2, -0.15) is 13.2 Å². The Morgan fingerprint density at radius 2 is 2.14 bits per heavy atom. The molecule has 0 unspecified atom stereocenters. The number of thiazole rings is 1. The predicted molar refractivity (Wildman–Crippen MR) is 73.9 cm³/mol. The Bertz CT molecular complexity index is 545. The highest BCUT2D eigenvalue weighted by Gasteiger charge is 2.27. The van der Waals surface area contributed by atoms with E-state index in [0.717, 1.165) is 16.4 Å². The Morgan fingerprint density at radius 3 is 2.86 bits per heavy atom. The Labute approximate surface area is 124 Å². The molecule has 2 aromatic rings. The zero-order valence-corrected chi connectivity index (χ0v) is 11.9. The number of hydrogen-bond acceptors (Lipinski definition) is 5. The fraction of sp³-hybridized carbons (Fsp3) is 0.385. The van der Waals surface area contributed by atoms with E-state index < -0.39 is 12.8 Å². The van der Waals surface area contributed by atoms with Gasteiger partial charge < -0.3 is 10.1 Å². The van der Waals surface area contributed by atoms with Crippen LogP contribution in [-0.4, -0.2) is 35.9 Å². The summed E-state index contributed by atoms with van der Waals surface area (Å²) in [6.07, 6.45) is -2.57. The topological polar surface area (TPSA) is 47.0 Å². The Hall–Kier alpha value is -1.51. The van der Waals surface area contributed by atoms with E-state index in [2.05, 4.69) is 20.0 Å². The number of rotatable bonds is 7. The zero-order chi connectivity index (χ0) is 15.1. The Morgan fingerprint density at radius 1 is 1.29 bits per heavy atom. The molecule has 0 aliphatic carbocycles. The van der Waals surface area contributed by atoms with Crippen LogP contribution in [-0.2, 0) is 11.3 Å². The molecule has 2 heterocycles. The fourth-order valence-electron chi connectivity index (χ4n) is 1.54. The van der Waals surface area contributed by atoms with Crippen molar-refractivity contribution in [3.8, 4) is 10.7 Å². The van der Waals surface area contributed by atoms with E-state index in [0.29, 0.717) is 13.1 Å². The normalized spacial score (nSPS) is 11.8. The Kier molecular flexibility index (Phi) is 5.66.